The first-order valence-corrected chi connectivity index (χ1v) is 8.98. The first kappa shape index (κ1) is 20.0. The van der Waals surface area contributed by atoms with Crippen molar-refractivity contribution < 1.29 is 32.9 Å². The zero-order valence-electron chi connectivity index (χ0n) is 15.4. The number of aliphatic hydroxyl groups is 2. The van der Waals surface area contributed by atoms with Gasteiger partial charge < -0.3 is 19.8 Å². The van der Waals surface area contributed by atoms with Crippen molar-refractivity contribution in [3.63, 3.8) is 0 Å². The number of hydrogen-bond acceptors (Lipinski definition) is 6. The van der Waals surface area contributed by atoms with Gasteiger partial charge in [0.25, 0.3) is 5.91 Å². The summed E-state index contributed by atoms with van der Waals surface area (Å²) in [6.07, 6.45) is -5.73. The highest BCUT2D eigenvalue weighted by Gasteiger charge is 2.33. The molecule has 0 unspecified atom stereocenters. The third kappa shape index (κ3) is 4.05. The molecule has 0 radical (unpaired) electrons. The Morgan fingerprint density at radius 3 is 2.43 bits per heavy atom. The van der Waals surface area contributed by atoms with Crippen LogP contribution in [0.1, 0.15) is 16.1 Å². The van der Waals surface area contributed by atoms with E-state index in [1.165, 1.54) is 11.0 Å². The van der Waals surface area contributed by atoms with Gasteiger partial charge in [0.2, 0.25) is 5.88 Å². The monoisotopic (exact) mass is 419 g/mol. The summed E-state index contributed by atoms with van der Waals surface area (Å²) >= 11 is 0. The van der Waals surface area contributed by atoms with Crippen LogP contribution in [0.15, 0.2) is 48.7 Å². The van der Waals surface area contributed by atoms with Gasteiger partial charge in [-0.3, -0.25) is 4.79 Å². The summed E-state index contributed by atoms with van der Waals surface area (Å²) in [5, 5.41) is 19.9. The zero-order chi connectivity index (χ0) is 21.5. The Morgan fingerprint density at radius 2 is 1.80 bits per heavy atom. The number of carbonyl (C=O) groups excluding carboxylic acids is 1. The molecule has 2 atom stereocenters. The minimum absolute atomic E-state index is 0.00764. The fourth-order valence-corrected chi connectivity index (χ4v) is 3.11. The fourth-order valence-electron chi connectivity index (χ4n) is 3.11. The maximum absolute atomic E-state index is 12.6. The third-order valence-electron chi connectivity index (χ3n) is 4.71. The summed E-state index contributed by atoms with van der Waals surface area (Å²) < 4.78 is 43.3. The Hall–Kier alpha value is -3.24. The minimum atomic E-state index is -4.47. The van der Waals surface area contributed by atoms with Crippen molar-refractivity contribution in [3.05, 3.63) is 59.9 Å². The minimum Gasteiger partial charge on any atom is -0.439 e. The second-order valence-electron chi connectivity index (χ2n) is 6.88. The Kier molecular flexibility index (Phi) is 5.04. The lowest BCUT2D eigenvalue weighted by Crippen LogP contribution is -2.30. The Bertz CT molecular complexity index is 1080. The van der Waals surface area contributed by atoms with Crippen LogP contribution in [0.25, 0.3) is 10.9 Å². The lowest BCUT2D eigenvalue weighted by molar-refractivity contribution is -0.137. The molecule has 2 aromatic heterocycles. The molecular weight excluding hydrogens is 403 g/mol. The highest BCUT2D eigenvalue weighted by Crippen LogP contribution is 2.30. The number of carbonyl (C=O) groups is 1. The average molecular weight is 419 g/mol. The summed E-state index contributed by atoms with van der Waals surface area (Å²) in [5.41, 5.74) is -0.191. The molecule has 1 aromatic carbocycles. The van der Waals surface area contributed by atoms with Gasteiger partial charge in [-0.15, -0.1) is 0 Å². The van der Waals surface area contributed by atoms with E-state index in [4.69, 9.17) is 4.74 Å². The lowest BCUT2D eigenvalue weighted by Gasteiger charge is -2.15. The number of alkyl halides is 3. The van der Waals surface area contributed by atoms with E-state index in [2.05, 4.69) is 9.97 Å². The number of benzene rings is 1. The van der Waals surface area contributed by atoms with E-state index < -0.39 is 29.9 Å². The van der Waals surface area contributed by atoms with Crippen LogP contribution < -0.4 is 4.74 Å². The summed E-state index contributed by atoms with van der Waals surface area (Å²) in [6, 6.07) is 9.99. The van der Waals surface area contributed by atoms with Gasteiger partial charge in [-0.1, -0.05) is 6.07 Å². The quantitative estimate of drug-likeness (QED) is 0.678. The fraction of sp³-hybridized carbons (Fsp3) is 0.250. The highest BCUT2D eigenvalue weighted by molar-refractivity contribution is 5.95. The average Bonchev–Trinajstić information content (AvgIpc) is 3.05. The summed E-state index contributed by atoms with van der Waals surface area (Å²) in [4.78, 5) is 21.8. The van der Waals surface area contributed by atoms with E-state index in [-0.39, 0.29) is 24.7 Å². The van der Waals surface area contributed by atoms with E-state index in [0.29, 0.717) is 22.8 Å². The second-order valence-corrected chi connectivity index (χ2v) is 6.88. The summed E-state index contributed by atoms with van der Waals surface area (Å²) in [5.74, 6) is -0.0449. The number of ether oxygens (including phenoxy) is 1. The maximum Gasteiger partial charge on any atom is 0.417 e. The van der Waals surface area contributed by atoms with Gasteiger partial charge in [0.05, 0.1) is 23.3 Å². The molecule has 7 nitrogen and oxygen atoms in total. The maximum atomic E-state index is 12.6. The number of aromatic nitrogens is 2. The second kappa shape index (κ2) is 7.54. The predicted molar refractivity (Wildman–Crippen MR) is 99.0 cm³/mol. The first-order valence-electron chi connectivity index (χ1n) is 8.98. The van der Waals surface area contributed by atoms with Gasteiger partial charge in [0.15, 0.2) is 0 Å². The molecule has 1 aliphatic heterocycles. The van der Waals surface area contributed by atoms with Crippen molar-refractivity contribution in [2.75, 3.05) is 13.1 Å². The molecular formula is C20H16F3N3O4. The summed E-state index contributed by atoms with van der Waals surface area (Å²) in [7, 11) is 0. The van der Waals surface area contributed by atoms with Crippen molar-refractivity contribution in [1.29, 1.82) is 0 Å². The van der Waals surface area contributed by atoms with Gasteiger partial charge in [-0.05, 0) is 30.3 Å². The molecule has 10 heteroatoms. The molecule has 2 N–H and O–H groups in total. The molecule has 0 spiro atoms. The topological polar surface area (TPSA) is 95.8 Å². The van der Waals surface area contributed by atoms with Crippen LogP contribution in [0.5, 0.6) is 11.6 Å². The van der Waals surface area contributed by atoms with E-state index in [9.17, 15) is 28.2 Å². The van der Waals surface area contributed by atoms with Crippen LogP contribution in [0.2, 0.25) is 0 Å². The molecule has 3 aromatic rings. The van der Waals surface area contributed by atoms with Crippen LogP contribution in [-0.2, 0) is 6.18 Å². The molecule has 0 aliphatic carbocycles. The standard InChI is InChI=1S/C20H16F3N3O4/c21-20(22,23)12-2-6-18(24-8-12)30-13-3-5-14-11(7-13)1-4-15(25-14)19(29)26-9-16(27)17(28)10-26/h1-8,16-17,27-28H,9-10H2/t16-,17+. The van der Waals surface area contributed by atoms with Crippen molar-refractivity contribution in [2.45, 2.75) is 18.4 Å². The molecule has 3 heterocycles. The zero-order valence-corrected chi connectivity index (χ0v) is 15.4. The largest absolute Gasteiger partial charge is 0.439 e. The van der Waals surface area contributed by atoms with Gasteiger partial charge in [0.1, 0.15) is 11.4 Å². The number of halogens is 3. The third-order valence-corrected chi connectivity index (χ3v) is 4.71. The Balaban J connectivity index is 1.51. The Labute approximate surface area is 168 Å². The number of amides is 1. The smallest absolute Gasteiger partial charge is 0.417 e. The lowest BCUT2D eigenvalue weighted by atomic mass is 10.2. The SMILES string of the molecule is O=C(c1ccc2cc(Oc3ccc(C(F)(F)F)cn3)ccc2n1)N1C[C@@H](O)[C@@H](O)C1. The molecule has 30 heavy (non-hydrogen) atoms. The van der Waals surface area contributed by atoms with Crippen molar-refractivity contribution >= 4 is 16.8 Å². The van der Waals surface area contributed by atoms with Crippen LogP contribution in [0.3, 0.4) is 0 Å². The van der Waals surface area contributed by atoms with E-state index in [1.807, 2.05) is 0 Å². The molecule has 1 saturated heterocycles. The molecule has 4 rings (SSSR count). The van der Waals surface area contributed by atoms with E-state index >= 15 is 0 Å². The number of likely N-dealkylation sites (tertiary alicyclic amines) is 1. The predicted octanol–water partition coefficient (Wildman–Crippen LogP) is 2.62. The van der Waals surface area contributed by atoms with Crippen molar-refractivity contribution in [2.24, 2.45) is 0 Å². The van der Waals surface area contributed by atoms with Gasteiger partial charge in [0, 0.05) is 30.7 Å². The molecule has 0 bridgehead atoms. The van der Waals surface area contributed by atoms with Crippen molar-refractivity contribution in [1.82, 2.24) is 14.9 Å². The normalized spacial score (nSPS) is 19.3. The van der Waals surface area contributed by atoms with Crippen LogP contribution in [0, 0.1) is 0 Å². The van der Waals surface area contributed by atoms with Gasteiger partial charge >= 0.3 is 6.18 Å². The van der Waals surface area contributed by atoms with Crippen LogP contribution in [0.4, 0.5) is 13.2 Å². The summed E-state index contributed by atoms with van der Waals surface area (Å²) in [6.45, 7) is 0.0687. The number of rotatable bonds is 3. The van der Waals surface area contributed by atoms with Gasteiger partial charge in [-0.2, -0.15) is 13.2 Å². The van der Waals surface area contributed by atoms with Crippen LogP contribution >= 0.6 is 0 Å². The molecule has 156 valence electrons. The molecule has 0 saturated carbocycles. The number of fused-ring (bicyclic) bond motifs is 1. The number of aliphatic hydroxyl groups excluding tert-OH is 2. The molecule has 1 amide bonds. The number of β-amino-alcohol motifs (C(OH)–C–C–N with tert-alkyl or cyclic N) is 2. The molecule has 1 aliphatic rings. The Morgan fingerprint density at radius 1 is 1.07 bits per heavy atom. The van der Waals surface area contributed by atoms with E-state index in [0.717, 1.165) is 12.1 Å². The molecule has 1 fully saturated rings. The number of hydrogen-bond donors (Lipinski definition) is 2. The van der Waals surface area contributed by atoms with E-state index in [1.54, 1.807) is 24.3 Å². The number of nitrogens with zero attached hydrogens (tertiary/aromatic N) is 3. The first-order chi connectivity index (χ1) is 14.2. The van der Waals surface area contributed by atoms with Crippen LogP contribution in [-0.4, -0.2) is 56.3 Å². The van der Waals surface area contributed by atoms with Crippen molar-refractivity contribution in [3.8, 4) is 11.6 Å². The number of pyridine rings is 2. The highest BCUT2D eigenvalue weighted by atomic mass is 19.4. The van der Waals surface area contributed by atoms with Gasteiger partial charge in [-0.25, -0.2) is 9.97 Å².